The standard InChI is InChI=1S/C29H30N4O5S2/c1-3-37-20-14-12-19(13-15-20)33-28(36)25-21-9-5-6-11-23(21)40-27(25)31-29(33)39-17-24(34)32-30-16-18-8-7-10-22(26(18)35)38-4-2/h7-8,10,12-16,35H,3-6,9,11,17H2,1-2H3,(H,32,34). The highest BCUT2D eigenvalue weighted by molar-refractivity contribution is 7.99. The van der Waals surface area contributed by atoms with Gasteiger partial charge in [0, 0.05) is 10.4 Å². The first-order chi connectivity index (χ1) is 19.5. The number of benzene rings is 2. The maximum absolute atomic E-state index is 13.9. The minimum atomic E-state index is -0.375. The predicted molar refractivity (Wildman–Crippen MR) is 159 cm³/mol. The molecule has 0 saturated carbocycles. The Kier molecular flexibility index (Phi) is 8.71. The third-order valence-electron chi connectivity index (χ3n) is 6.42. The van der Waals surface area contributed by atoms with Crippen LogP contribution in [0.3, 0.4) is 0 Å². The summed E-state index contributed by atoms with van der Waals surface area (Å²) < 4.78 is 12.5. The van der Waals surface area contributed by atoms with Gasteiger partial charge in [0.2, 0.25) is 0 Å². The molecule has 208 valence electrons. The van der Waals surface area contributed by atoms with Crippen LogP contribution in [-0.2, 0) is 17.6 Å². The molecule has 0 unspecified atom stereocenters. The number of hydrogen-bond acceptors (Lipinski definition) is 9. The van der Waals surface area contributed by atoms with Crippen molar-refractivity contribution in [3.8, 4) is 22.9 Å². The normalized spacial score (nSPS) is 12.9. The summed E-state index contributed by atoms with van der Waals surface area (Å²) in [7, 11) is 0. The number of carbonyl (C=O) groups is 1. The number of thiophene rings is 1. The molecule has 0 saturated heterocycles. The number of nitrogens with zero attached hydrogens (tertiary/aromatic N) is 3. The second-order valence-corrected chi connectivity index (χ2v) is 11.1. The molecule has 0 spiro atoms. The van der Waals surface area contributed by atoms with E-state index in [2.05, 4.69) is 10.5 Å². The van der Waals surface area contributed by atoms with Gasteiger partial charge in [0.05, 0.1) is 36.3 Å². The molecule has 2 heterocycles. The number of carbonyl (C=O) groups excluding carboxylic acids is 1. The minimum Gasteiger partial charge on any atom is -0.504 e. The summed E-state index contributed by atoms with van der Waals surface area (Å²) in [6, 6.07) is 12.4. The summed E-state index contributed by atoms with van der Waals surface area (Å²) in [6.07, 6.45) is 5.38. The van der Waals surface area contributed by atoms with Gasteiger partial charge >= 0.3 is 0 Å². The first-order valence-electron chi connectivity index (χ1n) is 13.2. The number of hydrogen-bond donors (Lipinski definition) is 2. The van der Waals surface area contributed by atoms with Crippen molar-refractivity contribution in [3.05, 3.63) is 68.8 Å². The lowest BCUT2D eigenvalue weighted by atomic mass is 9.97. The van der Waals surface area contributed by atoms with E-state index in [0.29, 0.717) is 51.3 Å². The summed E-state index contributed by atoms with van der Waals surface area (Å²) in [5.41, 5.74) is 4.54. The zero-order chi connectivity index (χ0) is 28.1. The smallest absolute Gasteiger partial charge is 0.267 e. The van der Waals surface area contributed by atoms with Gasteiger partial charge < -0.3 is 14.6 Å². The van der Waals surface area contributed by atoms with Gasteiger partial charge in [0.25, 0.3) is 11.5 Å². The van der Waals surface area contributed by atoms with Crippen LogP contribution in [0.5, 0.6) is 17.2 Å². The third-order valence-corrected chi connectivity index (χ3v) is 8.54. The molecule has 0 radical (unpaired) electrons. The molecule has 1 aliphatic carbocycles. The maximum atomic E-state index is 13.9. The van der Waals surface area contributed by atoms with Crippen molar-refractivity contribution in [1.82, 2.24) is 15.0 Å². The van der Waals surface area contributed by atoms with Gasteiger partial charge in [-0.3, -0.25) is 14.2 Å². The zero-order valence-corrected chi connectivity index (χ0v) is 23.9. The molecule has 0 fully saturated rings. The summed E-state index contributed by atoms with van der Waals surface area (Å²) in [6.45, 7) is 4.70. The Balaban J connectivity index is 1.40. The number of para-hydroxylation sites is 1. The highest BCUT2D eigenvalue weighted by atomic mass is 32.2. The van der Waals surface area contributed by atoms with Crippen molar-refractivity contribution in [1.29, 1.82) is 0 Å². The van der Waals surface area contributed by atoms with Gasteiger partial charge in [-0.05, 0) is 81.5 Å². The fourth-order valence-electron chi connectivity index (χ4n) is 4.62. The molecular weight excluding hydrogens is 548 g/mol. The molecule has 0 atom stereocenters. The van der Waals surface area contributed by atoms with Crippen LogP contribution in [0.15, 0.2) is 57.5 Å². The molecular formula is C29H30N4O5S2. The lowest BCUT2D eigenvalue weighted by Crippen LogP contribution is -2.24. The van der Waals surface area contributed by atoms with E-state index in [9.17, 15) is 14.7 Å². The van der Waals surface area contributed by atoms with Crippen LogP contribution < -0.4 is 20.5 Å². The number of ether oxygens (including phenoxy) is 2. The second-order valence-electron chi connectivity index (χ2n) is 9.06. The molecule has 5 rings (SSSR count). The van der Waals surface area contributed by atoms with E-state index in [-0.39, 0.29) is 23.0 Å². The first kappa shape index (κ1) is 27.7. The van der Waals surface area contributed by atoms with Crippen LogP contribution >= 0.6 is 23.1 Å². The van der Waals surface area contributed by atoms with Gasteiger partial charge in [-0.25, -0.2) is 10.4 Å². The lowest BCUT2D eigenvalue weighted by molar-refractivity contribution is -0.118. The Bertz CT molecular complexity index is 1610. The number of rotatable bonds is 10. The number of fused-ring (bicyclic) bond motifs is 3. The second kappa shape index (κ2) is 12.6. The SMILES string of the molecule is CCOc1ccc(-n2c(SCC(=O)NN=Cc3cccc(OCC)c3O)nc3sc4c(c3c2=O)CCCC4)cc1. The van der Waals surface area contributed by atoms with Crippen LogP contribution in [0.4, 0.5) is 0 Å². The Morgan fingerprint density at radius 3 is 2.70 bits per heavy atom. The van der Waals surface area contributed by atoms with Gasteiger partial charge in [-0.2, -0.15) is 5.10 Å². The fraction of sp³-hybridized carbons (Fsp3) is 0.310. The molecule has 0 aliphatic heterocycles. The van der Waals surface area contributed by atoms with Crippen LogP contribution in [-0.4, -0.2) is 45.7 Å². The van der Waals surface area contributed by atoms with Crippen LogP contribution in [0, 0.1) is 0 Å². The Morgan fingerprint density at radius 2 is 1.93 bits per heavy atom. The van der Waals surface area contributed by atoms with Crippen LogP contribution in [0.25, 0.3) is 15.9 Å². The molecule has 1 amide bonds. The van der Waals surface area contributed by atoms with Crippen molar-refractivity contribution in [2.45, 2.75) is 44.7 Å². The quantitative estimate of drug-likeness (QED) is 0.117. The monoisotopic (exact) mass is 578 g/mol. The minimum absolute atomic E-state index is 0.0115. The Labute approximate surface area is 239 Å². The first-order valence-corrected chi connectivity index (χ1v) is 15.0. The van der Waals surface area contributed by atoms with E-state index in [0.717, 1.165) is 31.2 Å². The number of amides is 1. The van der Waals surface area contributed by atoms with Crippen molar-refractivity contribution >= 4 is 45.4 Å². The average Bonchev–Trinajstić information content (AvgIpc) is 3.33. The summed E-state index contributed by atoms with van der Waals surface area (Å²) >= 11 is 2.75. The van der Waals surface area contributed by atoms with E-state index in [1.54, 1.807) is 34.1 Å². The van der Waals surface area contributed by atoms with Crippen molar-refractivity contribution < 1.29 is 19.4 Å². The molecule has 4 aromatic rings. The van der Waals surface area contributed by atoms with Gasteiger partial charge in [-0.1, -0.05) is 17.8 Å². The van der Waals surface area contributed by atoms with Gasteiger partial charge in [0.1, 0.15) is 10.6 Å². The van der Waals surface area contributed by atoms with Gasteiger partial charge in [-0.15, -0.1) is 11.3 Å². The van der Waals surface area contributed by atoms with Crippen molar-refractivity contribution in [2.24, 2.45) is 5.10 Å². The average molecular weight is 579 g/mol. The van der Waals surface area contributed by atoms with E-state index < -0.39 is 0 Å². The van der Waals surface area contributed by atoms with Crippen LogP contribution in [0.1, 0.15) is 42.7 Å². The van der Waals surface area contributed by atoms with Gasteiger partial charge in [0.15, 0.2) is 16.7 Å². The molecule has 9 nitrogen and oxygen atoms in total. The molecule has 11 heteroatoms. The number of aromatic hydroxyl groups is 1. The molecule has 2 aromatic heterocycles. The third kappa shape index (κ3) is 5.85. The number of hydrazone groups is 1. The molecule has 2 N–H and O–H groups in total. The van der Waals surface area contributed by atoms with Crippen molar-refractivity contribution in [3.63, 3.8) is 0 Å². The fourth-order valence-corrected chi connectivity index (χ4v) is 6.73. The molecule has 40 heavy (non-hydrogen) atoms. The molecule has 2 aromatic carbocycles. The Hall–Kier alpha value is -3.83. The van der Waals surface area contributed by atoms with Crippen molar-refractivity contribution in [2.75, 3.05) is 19.0 Å². The number of aromatic nitrogens is 2. The van der Waals surface area contributed by atoms with E-state index >= 15 is 0 Å². The maximum Gasteiger partial charge on any atom is 0.267 e. The highest BCUT2D eigenvalue weighted by Gasteiger charge is 2.23. The summed E-state index contributed by atoms with van der Waals surface area (Å²) in [4.78, 5) is 33.4. The summed E-state index contributed by atoms with van der Waals surface area (Å²) in [5.74, 6) is 0.623. The largest absolute Gasteiger partial charge is 0.504 e. The van der Waals surface area contributed by atoms with Crippen LogP contribution in [0.2, 0.25) is 0 Å². The highest BCUT2D eigenvalue weighted by Crippen LogP contribution is 2.35. The predicted octanol–water partition coefficient (Wildman–Crippen LogP) is 5.07. The number of nitrogens with one attached hydrogen (secondary N) is 1. The molecule has 0 bridgehead atoms. The van der Waals surface area contributed by atoms with E-state index in [1.165, 1.54) is 22.9 Å². The number of phenols is 1. The number of thioether (sulfide) groups is 1. The number of aryl methyl sites for hydroxylation is 2. The number of phenolic OH excluding ortho intramolecular Hbond substituents is 1. The molecule has 1 aliphatic rings. The lowest BCUT2D eigenvalue weighted by Gasteiger charge is -2.14. The van der Waals surface area contributed by atoms with E-state index in [1.807, 2.05) is 38.1 Å². The topological polar surface area (TPSA) is 115 Å². The zero-order valence-electron chi connectivity index (χ0n) is 22.3. The van der Waals surface area contributed by atoms with E-state index in [4.69, 9.17) is 14.5 Å². The Morgan fingerprint density at radius 1 is 1.15 bits per heavy atom. The summed E-state index contributed by atoms with van der Waals surface area (Å²) in [5, 5.41) is 15.4.